The zero-order valence-corrected chi connectivity index (χ0v) is 9.26. The summed E-state index contributed by atoms with van der Waals surface area (Å²) in [5, 5.41) is 3.00. The predicted octanol–water partition coefficient (Wildman–Crippen LogP) is 1.63. The summed E-state index contributed by atoms with van der Waals surface area (Å²) < 4.78 is 1.39. The van der Waals surface area contributed by atoms with Crippen molar-refractivity contribution < 1.29 is 0 Å². The van der Waals surface area contributed by atoms with Crippen LogP contribution in [-0.2, 0) is 0 Å². The molecule has 0 spiro atoms. The number of anilines is 2. The van der Waals surface area contributed by atoms with E-state index >= 15 is 0 Å². The molecule has 1 heterocycles. The number of nitrogen functional groups attached to an aromatic ring is 1. The Morgan fingerprint density at radius 3 is 3.00 bits per heavy atom. The SMILES string of the molecule is Nc1c(Br)ncnc1NCI. The summed E-state index contributed by atoms with van der Waals surface area (Å²) in [6.45, 7) is 0. The molecule has 1 aromatic heterocycles. The highest BCUT2D eigenvalue weighted by Crippen LogP contribution is 2.22. The Hall–Kier alpha value is -0.110. The summed E-state index contributed by atoms with van der Waals surface area (Å²) in [6, 6.07) is 0. The second-order valence-electron chi connectivity index (χ2n) is 1.74. The quantitative estimate of drug-likeness (QED) is 0.375. The maximum absolute atomic E-state index is 5.63. The Kier molecular flexibility index (Phi) is 3.31. The van der Waals surface area contributed by atoms with Gasteiger partial charge in [-0.3, -0.25) is 0 Å². The molecule has 0 unspecified atom stereocenters. The lowest BCUT2D eigenvalue weighted by atomic mass is 10.5. The molecule has 0 saturated heterocycles. The zero-order valence-electron chi connectivity index (χ0n) is 5.51. The van der Waals surface area contributed by atoms with Crippen LogP contribution in [0.15, 0.2) is 10.9 Å². The number of alkyl halides is 1. The minimum atomic E-state index is 0.546. The summed E-state index contributed by atoms with van der Waals surface area (Å²) in [5.74, 6) is 0.668. The number of hydrogen-bond donors (Lipinski definition) is 2. The third kappa shape index (κ3) is 2.16. The first-order valence-corrected chi connectivity index (χ1v) is 5.13. The molecule has 0 bridgehead atoms. The fourth-order valence-electron chi connectivity index (χ4n) is 0.578. The van der Waals surface area contributed by atoms with Crippen molar-refractivity contribution in [1.29, 1.82) is 0 Å². The maximum atomic E-state index is 5.63. The first-order chi connectivity index (χ1) is 5.25. The van der Waals surface area contributed by atoms with Crippen LogP contribution in [0.25, 0.3) is 0 Å². The normalized spacial score (nSPS) is 9.64. The van der Waals surface area contributed by atoms with Gasteiger partial charge in [-0.25, -0.2) is 9.97 Å². The topological polar surface area (TPSA) is 63.8 Å². The first kappa shape index (κ1) is 8.98. The van der Waals surface area contributed by atoms with Crippen LogP contribution in [-0.4, -0.2) is 14.5 Å². The van der Waals surface area contributed by atoms with Gasteiger partial charge in [-0.05, 0) is 15.9 Å². The molecule has 11 heavy (non-hydrogen) atoms. The summed E-state index contributed by atoms with van der Waals surface area (Å²) in [6.07, 6.45) is 1.45. The monoisotopic (exact) mass is 328 g/mol. The summed E-state index contributed by atoms with van der Waals surface area (Å²) in [4.78, 5) is 7.81. The lowest BCUT2D eigenvalue weighted by Gasteiger charge is -2.04. The lowest BCUT2D eigenvalue weighted by Crippen LogP contribution is -2.03. The van der Waals surface area contributed by atoms with Gasteiger partial charge in [-0.2, -0.15) is 0 Å². The molecule has 0 atom stereocenters. The molecular weight excluding hydrogens is 323 g/mol. The smallest absolute Gasteiger partial charge is 0.154 e. The fraction of sp³-hybridized carbons (Fsp3) is 0.200. The lowest BCUT2D eigenvalue weighted by molar-refractivity contribution is 1.14. The highest BCUT2D eigenvalue weighted by molar-refractivity contribution is 14.1. The number of nitrogens with two attached hydrogens (primary N) is 1. The average Bonchev–Trinajstić information content (AvgIpc) is 1.99. The maximum Gasteiger partial charge on any atom is 0.154 e. The summed E-state index contributed by atoms with van der Waals surface area (Å²) >= 11 is 5.37. The van der Waals surface area contributed by atoms with Crippen molar-refractivity contribution in [3.05, 3.63) is 10.9 Å². The second kappa shape index (κ2) is 4.05. The van der Waals surface area contributed by atoms with Crippen LogP contribution >= 0.6 is 38.5 Å². The minimum absolute atomic E-state index is 0.546. The van der Waals surface area contributed by atoms with Gasteiger partial charge in [-0.1, -0.05) is 22.6 Å². The van der Waals surface area contributed by atoms with Gasteiger partial charge in [0.15, 0.2) is 5.82 Å². The standard InChI is InChI=1S/C5H6BrIN4/c6-4-3(8)5(9-1-7)11-2-10-4/h2H,1,8H2,(H,9,10,11). The van der Waals surface area contributed by atoms with E-state index in [0.29, 0.717) is 16.1 Å². The molecule has 0 aliphatic carbocycles. The Balaban J connectivity index is 2.96. The third-order valence-corrected chi connectivity index (χ3v) is 2.08. The van der Waals surface area contributed by atoms with Crippen molar-refractivity contribution >= 4 is 50.0 Å². The van der Waals surface area contributed by atoms with E-state index in [-0.39, 0.29) is 0 Å². The van der Waals surface area contributed by atoms with Crippen LogP contribution < -0.4 is 11.1 Å². The van der Waals surface area contributed by atoms with E-state index in [2.05, 4.69) is 53.8 Å². The predicted molar refractivity (Wildman–Crippen MR) is 56.7 cm³/mol. The largest absolute Gasteiger partial charge is 0.394 e. The molecule has 1 rings (SSSR count). The van der Waals surface area contributed by atoms with Gasteiger partial charge in [0, 0.05) is 0 Å². The van der Waals surface area contributed by atoms with E-state index in [1.807, 2.05) is 0 Å². The van der Waals surface area contributed by atoms with Crippen LogP contribution in [0, 0.1) is 0 Å². The Morgan fingerprint density at radius 1 is 1.64 bits per heavy atom. The fourth-order valence-corrected chi connectivity index (χ4v) is 1.22. The molecule has 0 radical (unpaired) electrons. The Bertz CT molecular complexity index is 254. The number of halogens is 2. The Labute approximate surface area is 86.3 Å². The number of nitrogens with zero attached hydrogens (tertiary/aromatic N) is 2. The summed E-state index contributed by atoms with van der Waals surface area (Å²) in [5.41, 5.74) is 6.18. The molecule has 0 aliphatic heterocycles. The zero-order chi connectivity index (χ0) is 8.27. The first-order valence-electron chi connectivity index (χ1n) is 2.81. The van der Waals surface area contributed by atoms with E-state index in [4.69, 9.17) is 5.73 Å². The number of nitrogens with one attached hydrogen (secondary N) is 1. The molecule has 60 valence electrons. The van der Waals surface area contributed by atoms with Gasteiger partial charge in [0.2, 0.25) is 0 Å². The minimum Gasteiger partial charge on any atom is -0.394 e. The molecule has 6 heteroatoms. The van der Waals surface area contributed by atoms with E-state index in [0.717, 1.165) is 4.55 Å². The number of hydrogen-bond acceptors (Lipinski definition) is 4. The third-order valence-electron chi connectivity index (χ3n) is 1.07. The van der Waals surface area contributed by atoms with E-state index < -0.39 is 0 Å². The van der Waals surface area contributed by atoms with Gasteiger partial charge in [0.05, 0.1) is 4.55 Å². The van der Waals surface area contributed by atoms with E-state index in [1.165, 1.54) is 6.33 Å². The van der Waals surface area contributed by atoms with Crippen molar-refractivity contribution in [3.63, 3.8) is 0 Å². The molecule has 0 fully saturated rings. The van der Waals surface area contributed by atoms with Crippen molar-refractivity contribution in [2.24, 2.45) is 0 Å². The molecule has 0 aromatic carbocycles. The molecule has 1 aromatic rings. The molecule has 0 aliphatic rings. The van der Waals surface area contributed by atoms with Crippen LogP contribution in [0.5, 0.6) is 0 Å². The van der Waals surface area contributed by atoms with Crippen molar-refractivity contribution in [2.45, 2.75) is 0 Å². The van der Waals surface area contributed by atoms with Gasteiger partial charge < -0.3 is 11.1 Å². The van der Waals surface area contributed by atoms with Crippen LogP contribution in [0.1, 0.15) is 0 Å². The van der Waals surface area contributed by atoms with Gasteiger partial charge in [-0.15, -0.1) is 0 Å². The van der Waals surface area contributed by atoms with Crippen LogP contribution in [0.2, 0.25) is 0 Å². The Morgan fingerprint density at radius 2 is 2.36 bits per heavy atom. The van der Waals surface area contributed by atoms with Gasteiger partial charge >= 0.3 is 0 Å². The number of aromatic nitrogens is 2. The molecular formula is C5H6BrIN4. The summed E-state index contributed by atoms with van der Waals surface area (Å²) in [7, 11) is 0. The van der Waals surface area contributed by atoms with Crippen molar-refractivity contribution in [2.75, 3.05) is 15.6 Å². The molecule has 0 saturated carbocycles. The molecule has 4 nitrogen and oxygen atoms in total. The number of rotatable bonds is 2. The highest BCUT2D eigenvalue weighted by atomic mass is 127. The van der Waals surface area contributed by atoms with Gasteiger partial charge in [0.25, 0.3) is 0 Å². The average molecular weight is 329 g/mol. The second-order valence-corrected chi connectivity index (χ2v) is 3.25. The highest BCUT2D eigenvalue weighted by Gasteiger charge is 2.02. The molecule has 0 amide bonds. The van der Waals surface area contributed by atoms with E-state index in [1.54, 1.807) is 0 Å². The molecule has 3 N–H and O–H groups in total. The van der Waals surface area contributed by atoms with Gasteiger partial charge in [0.1, 0.15) is 16.6 Å². The van der Waals surface area contributed by atoms with Crippen molar-refractivity contribution in [1.82, 2.24) is 9.97 Å². The van der Waals surface area contributed by atoms with Crippen LogP contribution in [0.4, 0.5) is 11.5 Å². The van der Waals surface area contributed by atoms with Crippen LogP contribution in [0.3, 0.4) is 0 Å². The van der Waals surface area contributed by atoms with E-state index in [9.17, 15) is 0 Å². The van der Waals surface area contributed by atoms with Crippen molar-refractivity contribution in [3.8, 4) is 0 Å².